The Hall–Kier alpha value is -3.01. The van der Waals surface area contributed by atoms with E-state index in [0.717, 1.165) is 0 Å². The highest BCUT2D eigenvalue weighted by atomic mass is 16.2. The average molecular weight is 267 g/mol. The van der Waals surface area contributed by atoms with E-state index in [9.17, 15) is 9.59 Å². The maximum absolute atomic E-state index is 12.1. The van der Waals surface area contributed by atoms with Crippen LogP contribution < -0.4 is 0 Å². The summed E-state index contributed by atoms with van der Waals surface area (Å²) in [6, 6.07) is 8.54. The zero-order valence-corrected chi connectivity index (χ0v) is 10.4. The van der Waals surface area contributed by atoms with Crippen molar-refractivity contribution >= 4 is 11.8 Å². The Labute approximate surface area is 114 Å². The predicted molar refractivity (Wildman–Crippen MR) is 66.5 cm³/mol. The van der Waals surface area contributed by atoms with Crippen molar-refractivity contribution in [1.29, 1.82) is 5.26 Å². The Morgan fingerprint density at radius 3 is 2.30 bits per heavy atom. The predicted octanol–water partition coefficient (Wildman–Crippen LogP) is 0.446. The summed E-state index contributed by atoms with van der Waals surface area (Å²) in [7, 11) is 0. The summed E-state index contributed by atoms with van der Waals surface area (Å²) in [6.45, 7) is 0.501. The Balaban J connectivity index is 1.75. The minimum Gasteiger partial charge on any atom is -0.272 e. The van der Waals surface area contributed by atoms with Crippen LogP contribution in [0.2, 0.25) is 0 Å². The van der Waals surface area contributed by atoms with Gasteiger partial charge in [-0.25, -0.2) is 9.67 Å². The van der Waals surface area contributed by atoms with E-state index < -0.39 is 0 Å². The molecule has 1 aliphatic rings. The number of imide groups is 1. The molecular formula is C13H9N5O2. The van der Waals surface area contributed by atoms with Crippen molar-refractivity contribution < 1.29 is 9.59 Å². The van der Waals surface area contributed by atoms with Gasteiger partial charge in [-0.2, -0.15) is 5.26 Å². The normalized spacial score (nSPS) is 13.4. The third-order valence-corrected chi connectivity index (χ3v) is 3.07. The van der Waals surface area contributed by atoms with Crippen LogP contribution in [0, 0.1) is 11.3 Å². The number of hydrogen-bond acceptors (Lipinski definition) is 5. The van der Waals surface area contributed by atoms with Gasteiger partial charge in [-0.3, -0.25) is 14.5 Å². The van der Waals surface area contributed by atoms with Gasteiger partial charge in [0.05, 0.1) is 17.7 Å². The number of nitrogens with zero attached hydrogens (tertiary/aromatic N) is 5. The summed E-state index contributed by atoms with van der Waals surface area (Å²) >= 11 is 0. The van der Waals surface area contributed by atoms with Crippen molar-refractivity contribution in [3.05, 3.63) is 47.5 Å². The molecule has 20 heavy (non-hydrogen) atoms. The van der Waals surface area contributed by atoms with E-state index in [4.69, 9.17) is 5.26 Å². The van der Waals surface area contributed by atoms with Gasteiger partial charge in [-0.1, -0.05) is 12.1 Å². The van der Waals surface area contributed by atoms with Crippen molar-refractivity contribution in [3.8, 4) is 6.07 Å². The molecule has 2 amide bonds. The van der Waals surface area contributed by atoms with Gasteiger partial charge in [0, 0.05) is 6.54 Å². The van der Waals surface area contributed by atoms with Crippen molar-refractivity contribution in [2.75, 3.05) is 6.54 Å². The number of nitriles is 1. The molecule has 0 atom stereocenters. The molecule has 7 nitrogen and oxygen atoms in total. The van der Waals surface area contributed by atoms with Crippen molar-refractivity contribution in [1.82, 2.24) is 19.7 Å². The van der Waals surface area contributed by atoms with Crippen LogP contribution in [0.15, 0.2) is 30.6 Å². The van der Waals surface area contributed by atoms with Gasteiger partial charge in [0.15, 0.2) is 0 Å². The van der Waals surface area contributed by atoms with Gasteiger partial charge in [-0.05, 0) is 12.1 Å². The van der Waals surface area contributed by atoms with Gasteiger partial charge < -0.3 is 0 Å². The minimum atomic E-state index is -0.300. The first kappa shape index (κ1) is 12.0. The number of fused-ring (bicyclic) bond motifs is 1. The molecule has 0 aliphatic carbocycles. The molecule has 0 radical (unpaired) electrons. The van der Waals surface area contributed by atoms with Crippen LogP contribution in [-0.2, 0) is 6.54 Å². The number of carbonyl (C=O) groups is 2. The molecule has 0 fully saturated rings. The second kappa shape index (κ2) is 4.59. The smallest absolute Gasteiger partial charge is 0.261 e. The maximum atomic E-state index is 12.1. The molecule has 2 aromatic rings. The third kappa shape index (κ3) is 1.83. The Bertz CT molecular complexity index is 708. The molecule has 2 heterocycles. The molecule has 0 spiro atoms. The minimum absolute atomic E-state index is 0.0624. The molecule has 3 rings (SSSR count). The number of carbonyl (C=O) groups excluding carboxylic acids is 2. The first-order valence-corrected chi connectivity index (χ1v) is 5.95. The number of rotatable bonds is 3. The molecule has 0 unspecified atom stereocenters. The first-order chi connectivity index (χ1) is 9.70. The third-order valence-electron chi connectivity index (χ3n) is 3.07. The van der Waals surface area contributed by atoms with Gasteiger partial charge in [-0.15, -0.1) is 5.10 Å². The topological polar surface area (TPSA) is 91.9 Å². The van der Waals surface area contributed by atoms with E-state index in [1.165, 1.54) is 15.9 Å². The van der Waals surface area contributed by atoms with E-state index in [0.29, 0.717) is 17.7 Å². The lowest BCUT2D eigenvalue weighted by atomic mass is 10.1. The van der Waals surface area contributed by atoms with Gasteiger partial charge >= 0.3 is 0 Å². The molecule has 7 heteroatoms. The maximum Gasteiger partial charge on any atom is 0.261 e. The molecule has 1 aromatic carbocycles. The summed E-state index contributed by atoms with van der Waals surface area (Å²) in [6.07, 6.45) is 1.40. The zero-order valence-electron chi connectivity index (χ0n) is 10.4. The van der Waals surface area contributed by atoms with Crippen molar-refractivity contribution in [2.24, 2.45) is 0 Å². The highest BCUT2D eigenvalue weighted by Gasteiger charge is 2.34. The summed E-state index contributed by atoms with van der Waals surface area (Å²) in [5, 5.41) is 12.5. The summed E-state index contributed by atoms with van der Waals surface area (Å²) in [5.74, 6) is -0.537. The zero-order chi connectivity index (χ0) is 14.1. The van der Waals surface area contributed by atoms with E-state index >= 15 is 0 Å². The van der Waals surface area contributed by atoms with Gasteiger partial charge in [0.1, 0.15) is 12.4 Å². The monoisotopic (exact) mass is 267 g/mol. The van der Waals surface area contributed by atoms with Gasteiger partial charge in [0.2, 0.25) is 0 Å². The van der Waals surface area contributed by atoms with Crippen LogP contribution in [0.4, 0.5) is 0 Å². The highest BCUT2D eigenvalue weighted by molar-refractivity contribution is 6.21. The van der Waals surface area contributed by atoms with Crippen molar-refractivity contribution in [2.45, 2.75) is 6.54 Å². The fraction of sp³-hybridized carbons (Fsp3) is 0.154. The SMILES string of the molecule is N#Cc1ncn(CCN2C(=O)c3ccccc3C2=O)n1. The molecule has 0 saturated carbocycles. The molecule has 0 N–H and O–H groups in total. The average Bonchev–Trinajstić information content (AvgIpc) is 3.03. The van der Waals surface area contributed by atoms with E-state index in [2.05, 4.69) is 10.1 Å². The van der Waals surface area contributed by atoms with Crippen molar-refractivity contribution in [3.63, 3.8) is 0 Å². The largest absolute Gasteiger partial charge is 0.272 e. The lowest BCUT2D eigenvalue weighted by Gasteiger charge is -2.13. The Kier molecular flexibility index (Phi) is 2.76. The van der Waals surface area contributed by atoms with Crippen LogP contribution in [0.5, 0.6) is 0 Å². The number of hydrogen-bond donors (Lipinski definition) is 0. The molecule has 0 bridgehead atoms. The van der Waals surface area contributed by atoms with E-state index in [-0.39, 0.29) is 24.2 Å². The lowest BCUT2D eigenvalue weighted by Crippen LogP contribution is -2.33. The first-order valence-electron chi connectivity index (χ1n) is 5.95. The fourth-order valence-electron chi connectivity index (χ4n) is 2.10. The fourth-order valence-corrected chi connectivity index (χ4v) is 2.10. The molecule has 1 aromatic heterocycles. The molecule has 1 aliphatic heterocycles. The lowest BCUT2D eigenvalue weighted by molar-refractivity contribution is 0.0647. The van der Waals surface area contributed by atoms with Crippen LogP contribution in [0.1, 0.15) is 26.5 Å². The second-order valence-electron chi connectivity index (χ2n) is 4.25. The van der Waals surface area contributed by atoms with E-state index in [1.807, 2.05) is 6.07 Å². The number of benzene rings is 1. The molecule has 98 valence electrons. The second-order valence-corrected chi connectivity index (χ2v) is 4.25. The highest BCUT2D eigenvalue weighted by Crippen LogP contribution is 2.21. The summed E-state index contributed by atoms with van der Waals surface area (Å²) in [4.78, 5) is 29.1. The molecule has 0 saturated heterocycles. The number of aromatic nitrogens is 3. The summed E-state index contributed by atoms with van der Waals surface area (Å²) in [5.41, 5.74) is 0.850. The van der Waals surface area contributed by atoms with Gasteiger partial charge in [0.25, 0.3) is 17.6 Å². The van der Waals surface area contributed by atoms with Crippen LogP contribution in [0.25, 0.3) is 0 Å². The van der Waals surface area contributed by atoms with Crippen LogP contribution in [-0.4, -0.2) is 38.0 Å². The quantitative estimate of drug-likeness (QED) is 0.753. The Morgan fingerprint density at radius 1 is 1.10 bits per heavy atom. The van der Waals surface area contributed by atoms with E-state index in [1.54, 1.807) is 24.3 Å². The Morgan fingerprint density at radius 2 is 1.75 bits per heavy atom. The van der Waals surface area contributed by atoms with Crippen LogP contribution in [0.3, 0.4) is 0 Å². The standard InChI is InChI=1S/C13H9N5O2/c14-7-11-15-8-17(16-11)5-6-18-12(19)9-3-1-2-4-10(9)13(18)20/h1-4,8H,5-6H2. The van der Waals surface area contributed by atoms with Crippen LogP contribution >= 0.6 is 0 Å². The molecular weight excluding hydrogens is 258 g/mol. The summed E-state index contributed by atoms with van der Waals surface area (Å²) < 4.78 is 1.43. The number of amides is 2.